The van der Waals surface area contributed by atoms with Gasteiger partial charge in [0.05, 0.1) is 22.5 Å². The molecule has 0 bridgehead atoms. The number of anilines is 2. The van der Waals surface area contributed by atoms with Crippen LogP contribution in [0.1, 0.15) is 311 Å². The maximum Gasteiger partial charge on any atom is 0.260 e. The third kappa shape index (κ3) is 22.5. The van der Waals surface area contributed by atoms with E-state index in [0.29, 0.717) is 11.8 Å². The molecule has 0 saturated carbocycles. The number of nitrogens with zero attached hydrogens (tertiary/aromatic N) is 2. The lowest BCUT2D eigenvalue weighted by Gasteiger charge is -2.27. The molecule has 81 heavy (non-hydrogen) atoms. The molecule has 2 unspecified atom stereocenters. The van der Waals surface area contributed by atoms with Crippen LogP contribution in [0.5, 0.6) is 0 Å². The number of carbonyl (C=O) groups excluding carboxylic acids is 2. The quantitative estimate of drug-likeness (QED) is 0.0414. The minimum Gasteiger partial charge on any atom is -0.307 e. The summed E-state index contributed by atoms with van der Waals surface area (Å²) in [6.45, 7) is 15.0. The van der Waals surface area contributed by atoms with Crippen LogP contribution in [0.15, 0.2) is 60.7 Å². The predicted molar refractivity (Wildman–Crippen MR) is 358 cm³/mol. The Morgan fingerprint density at radius 3 is 0.963 bits per heavy atom. The van der Waals surface area contributed by atoms with Gasteiger partial charge in [0, 0.05) is 43.0 Å². The predicted octanol–water partition coefficient (Wildman–Crippen LogP) is 22.5. The van der Waals surface area contributed by atoms with Gasteiger partial charge < -0.3 is 9.80 Å². The third-order valence-electron chi connectivity index (χ3n) is 18.3. The molecule has 2 aliphatic rings. The number of hydrogen-bond acceptors (Lipinski definition) is 4. The summed E-state index contributed by atoms with van der Waals surface area (Å²) in [6.07, 6.45) is 54.0. The minimum atomic E-state index is 0.144. The van der Waals surface area contributed by atoms with E-state index >= 15 is 9.59 Å². The summed E-state index contributed by atoms with van der Waals surface area (Å²) in [4.78, 5) is 40.1. The van der Waals surface area contributed by atoms with E-state index in [2.05, 4.69) is 112 Å². The first-order valence-electron chi connectivity index (χ1n) is 34.6. The fourth-order valence-electron chi connectivity index (χ4n) is 13.2. The van der Waals surface area contributed by atoms with Gasteiger partial charge in [0.2, 0.25) is 0 Å². The summed E-state index contributed by atoms with van der Waals surface area (Å²) >= 11 is 3.49. The monoisotopic (exact) mass is 1140 g/mol. The largest absolute Gasteiger partial charge is 0.307 e. The van der Waals surface area contributed by atoms with Crippen molar-refractivity contribution in [2.24, 2.45) is 11.8 Å². The van der Waals surface area contributed by atoms with Gasteiger partial charge in [-0.15, -0.1) is 22.7 Å². The highest BCUT2D eigenvalue weighted by Gasteiger charge is 2.38. The highest BCUT2D eigenvalue weighted by molar-refractivity contribution is 7.17. The number of unbranched alkanes of at least 4 members (excludes halogenated alkanes) is 33. The highest BCUT2D eigenvalue weighted by Crippen LogP contribution is 2.38. The van der Waals surface area contributed by atoms with Gasteiger partial charge in [-0.1, -0.05) is 295 Å². The average Bonchev–Trinajstić information content (AvgIpc) is 4.46. The first-order chi connectivity index (χ1) is 39.8. The van der Waals surface area contributed by atoms with Crippen molar-refractivity contribution in [2.75, 3.05) is 22.9 Å². The van der Waals surface area contributed by atoms with Crippen LogP contribution in [0.4, 0.5) is 11.4 Å². The fraction of sp³-hybridized carbons (Fsp3) is 0.680. The first-order valence-corrected chi connectivity index (χ1v) is 36.2. The summed E-state index contributed by atoms with van der Waals surface area (Å²) in [6, 6.07) is 22.3. The summed E-state index contributed by atoms with van der Waals surface area (Å²) in [5.74, 6) is 1.17. The van der Waals surface area contributed by atoms with Crippen molar-refractivity contribution in [1.82, 2.24) is 0 Å². The van der Waals surface area contributed by atoms with Crippen molar-refractivity contribution < 1.29 is 9.59 Å². The minimum absolute atomic E-state index is 0.144. The normalized spacial score (nSPS) is 14.0. The Hall–Kier alpha value is -3.48. The molecule has 0 fully saturated rings. The summed E-state index contributed by atoms with van der Waals surface area (Å²) in [7, 11) is 0. The molecule has 6 heteroatoms. The molecule has 450 valence electrons. The van der Waals surface area contributed by atoms with Crippen molar-refractivity contribution in [3.05, 3.63) is 91.3 Å². The van der Waals surface area contributed by atoms with E-state index < -0.39 is 0 Å². The number of hydrogen-bond donors (Lipinski definition) is 0. The zero-order chi connectivity index (χ0) is 57.3. The molecule has 2 aromatic heterocycles. The molecule has 4 heterocycles. The molecule has 2 aliphatic heterocycles. The highest BCUT2D eigenvalue weighted by atomic mass is 32.1. The van der Waals surface area contributed by atoms with E-state index in [0.717, 1.165) is 55.8 Å². The SMILES string of the molecule is CCCCCCCCCCCCC(CCCCCCCCCC)CN1C(=O)C(c2ccc(C)s2)=c2cc3c(cc21)=C(c1ccc(-c2ccc(C)cc2)s1)C(=O)N3CC(CCCCCCCCCCC)CCCCCCCCCCCC. The van der Waals surface area contributed by atoms with Gasteiger partial charge >= 0.3 is 0 Å². The number of thiophene rings is 2. The van der Waals surface area contributed by atoms with E-state index in [1.165, 1.54) is 284 Å². The number of carbonyl (C=O) groups is 2. The van der Waals surface area contributed by atoms with Crippen LogP contribution in [0.3, 0.4) is 0 Å². The number of fused-ring (bicyclic) bond motifs is 2. The van der Waals surface area contributed by atoms with E-state index in [9.17, 15) is 0 Å². The molecule has 0 radical (unpaired) electrons. The molecule has 0 spiro atoms. The van der Waals surface area contributed by atoms with Crippen molar-refractivity contribution >= 4 is 57.0 Å². The third-order valence-corrected chi connectivity index (χ3v) is 20.5. The van der Waals surface area contributed by atoms with Gasteiger partial charge in [0.25, 0.3) is 11.8 Å². The van der Waals surface area contributed by atoms with Gasteiger partial charge in [-0.05, 0) is 93.3 Å². The van der Waals surface area contributed by atoms with Gasteiger partial charge in [0.15, 0.2) is 0 Å². The van der Waals surface area contributed by atoms with Crippen molar-refractivity contribution in [2.45, 2.75) is 305 Å². The van der Waals surface area contributed by atoms with Crippen LogP contribution < -0.4 is 20.2 Å². The van der Waals surface area contributed by atoms with Crippen LogP contribution in [0, 0.1) is 25.7 Å². The standard InChI is InChI=1S/C75H116N2O2S2/c1-7-11-15-19-23-27-30-34-38-42-45-62(44-40-36-32-26-22-18-14-10-4)58-76-67-57-66-68(56-65(67)72(74(76)78)70-53-50-61(6)80-70)77(75(79)73(66)71-55-54-69(81-71)64-51-48-60(5)49-52-64)59-63(46-41-37-33-29-25-21-17-13-9-3)47-43-39-35-31-28-24-20-16-12-8-2/h48-57,62-63H,7-47,58-59H2,1-6H3. The Morgan fingerprint density at radius 2 is 0.642 bits per heavy atom. The topological polar surface area (TPSA) is 40.6 Å². The van der Waals surface area contributed by atoms with Crippen LogP contribution in [-0.4, -0.2) is 24.9 Å². The van der Waals surface area contributed by atoms with Crippen LogP contribution in [0.25, 0.3) is 21.6 Å². The number of rotatable bonds is 48. The second kappa shape index (κ2) is 39.2. The smallest absolute Gasteiger partial charge is 0.260 e. The molecule has 0 aliphatic carbocycles. The maximum atomic E-state index is 15.7. The van der Waals surface area contributed by atoms with Gasteiger partial charge in [-0.2, -0.15) is 0 Å². The Labute approximate surface area is 504 Å². The lowest BCUT2D eigenvalue weighted by Crippen LogP contribution is -2.35. The molecule has 4 aromatic rings. The van der Waals surface area contributed by atoms with Crippen LogP contribution in [-0.2, 0) is 9.59 Å². The lowest BCUT2D eigenvalue weighted by molar-refractivity contribution is -0.114. The fourth-order valence-corrected chi connectivity index (χ4v) is 15.2. The molecular weight excluding hydrogens is 1020 g/mol. The summed E-state index contributed by atoms with van der Waals surface area (Å²) in [5, 5.41) is 2.05. The lowest BCUT2D eigenvalue weighted by atomic mass is 9.93. The molecule has 2 atom stereocenters. The van der Waals surface area contributed by atoms with Crippen LogP contribution >= 0.6 is 22.7 Å². The van der Waals surface area contributed by atoms with Gasteiger partial charge in [0.1, 0.15) is 0 Å². The summed E-state index contributed by atoms with van der Waals surface area (Å²) < 4.78 is 0. The second-order valence-corrected chi connectivity index (χ2v) is 27.8. The Balaban J connectivity index is 1.31. The maximum absolute atomic E-state index is 15.7. The Bertz CT molecular complexity index is 2500. The molecular formula is C75H116N2O2S2. The van der Waals surface area contributed by atoms with E-state index in [-0.39, 0.29) is 11.8 Å². The Kier molecular flexibility index (Phi) is 32.3. The Morgan fingerprint density at radius 1 is 0.346 bits per heavy atom. The van der Waals surface area contributed by atoms with E-state index in [1.807, 2.05) is 0 Å². The first kappa shape index (κ1) is 66.7. The molecule has 6 rings (SSSR count). The van der Waals surface area contributed by atoms with Crippen molar-refractivity contribution in [3.63, 3.8) is 0 Å². The van der Waals surface area contributed by atoms with Crippen molar-refractivity contribution in [1.29, 1.82) is 0 Å². The molecule has 2 amide bonds. The molecule has 0 saturated heterocycles. The number of aryl methyl sites for hydroxylation is 2. The summed E-state index contributed by atoms with van der Waals surface area (Å²) in [5.41, 5.74) is 6.14. The average molecular weight is 1140 g/mol. The second-order valence-electron chi connectivity index (χ2n) is 25.5. The molecule has 4 nitrogen and oxygen atoms in total. The van der Waals surface area contributed by atoms with Gasteiger partial charge in [-0.25, -0.2) is 0 Å². The zero-order valence-corrected chi connectivity index (χ0v) is 54.5. The molecule has 0 N–H and O–H groups in total. The number of amides is 2. The van der Waals surface area contributed by atoms with Gasteiger partial charge in [-0.3, -0.25) is 9.59 Å². The number of benzene rings is 2. The zero-order valence-electron chi connectivity index (χ0n) is 52.9. The van der Waals surface area contributed by atoms with E-state index in [4.69, 9.17) is 0 Å². The van der Waals surface area contributed by atoms with Crippen LogP contribution in [0.2, 0.25) is 0 Å². The van der Waals surface area contributed by atoms with Crippen molar-refractivity contribution in [3.8, 4) is 10.4 Å². The molecule has 2 aromatic carbocycles. The van der Waals surface area contributed by atoms with E-state index in [1.54, 1.807) is 22.7 Å².